The number of nitro groups is 1. The van der Waals surface area contributed by atoms with E-state index in [0.29, 0.717) is 35.6 Å². The summed E-state index contributed by atoms with van der Waals surface area (Å²) < 4.78 is 10.9. The van der Waals surface area contributed by atoms with Crippen LogP contribution in [-0.4, -0.2) is 29.5 Å². The normalized spacial score (nSPS) is 10.9. The summed E-state index contributed by atoms with van der Waals surface area (Å²) >= 11 is 0. The first-order valence-electron chi connectivity index (χ1n) is 9.74. The van der Waals surface area contributed by atoms with Crippen molar-refractivity contribution in [3.05, 3.63) is 81.7 Å². The van der Waals surface area contributed by atoms with E-state index in [4.69, 9.17) is 9.15 Å². The number of nitrogens with zero attached hydrogens (tertiary/aromatic N) is 1. The number of carbonyl (C=O) groups is 1. The third-order valence-corrected chi connectivity index (χ3v) is 5.18. The number of methoxy groups -OCH3 is 1. The SMILES string of the molecule is COc1ccc2c(CCNC(=O)c3cc(-c4ccccc4[N+](=O)[O-])oc3C)c[nH]c2c1. The Hall–Kier alpha value is -4.07. The molecule has 2 N–H and O–H groups in total. The summed E-state index contributed by atoms with van der Waals surface area (Å²) in [7, 11) is 1.62. The van der Waals surface area contributed by atoms with Crippen LogP contribution in [0.25, 0.3) is 22.2 Å². The zero-order chi connectivity index (χ0) is 22.0. The number of nitrogens with one attached hydrogen (secondary N) is 2. The number of para-hydroxylation sites is 1. The monoisotopic (exact) mass is 419 g/mol. The van der Waals surface area contributed by atoms with Crippen molar-refractivity contribution >= 4 is 22.5 Å². The fraction of sp³-hybridized carbons (Fsp3) is 0.174. The number of ether oxygens (including phenoxy) is 1. The lowest BCUT2D eigenvalue weighted by molar-refractivity contribution is -0.384. The van der Waals surface area contributed by atoms with Crippen LogP contribution in [0.1, 0.15) is 21.7 Å². The van der Waals surface area contributed by atoms with Gasteiger partial charge in [0, 0.05) is 35.8 Å². The van der Waals surface area contributed by atoms with Gasteiger partial charge in [-0.3, -0.25) is 14.9 Å². The molecule has 0 saturated carbocycles. The molecule has 0 unspecified atom stereocenters. The highest BCUT2D eigenvalue weighted by Gasteiger charge is 2.21. The van der Waals surface area contributed by atoms with Crippen molar-refractivity contribution < 1.29 is 18.9 Å². The van der Waals surface area contributed by atoms with E-state index in [1.54, 1.807) is 38.3 Å². The van der Waals surface area contributed by atoms with Gasteiger partial charge in [0.05, 0.1) is 23.2 Å². The quantitative estimate of drug-likeness (QED) is 0.335. The molecule has 4 aromatic rings. The molecule has 0 bridgehead atoms. The molecular formula is C23H21N3O5. The maximum absolute atomic E-state index is 12.7. The van der Waals surface area contributed by atoms with Gasteiger partial charge in [0.15, 0.2) is 0 Å². The summed E-state index contributed by atoms with van der Waals surface area (Å²) in [6.07, 6.45) is 2.57. The lowest BCUT2D eigenvalue weighted by Crippen LogP contribution is -2.25. The van der Waals surface area contributed by atoms with E-state index in [-0.39, 0.29) is 11.6 Å². The number of amides is 1. The summed E-state index contributed by atoms with van der Waals surface area (Å²) in [5.41, 5.74) is 2.68. The third-order valence-electron chi connectivity index (χ3n) is 5.18. The molecule has 0 aliphatic carbocycles. The van der Waals surface area contributed by atoms with Crippen LogP contribution in [0.4, 0.5) is 5.69 Å². The first kappa shape index (κ1) is 20.2. The van der Waals surface area contributed by atoms with Crippen LogP contribution in [0.5, 0.6) is 5.75 Å². The fourth-order valence-corrected chi connectivity index (χ4v) is 3.59. The predicted molar refractivity (Wildman–Crippen MR) is 116 cm³/mol. The van der Waals surface area contributed by atoms with E-state index in [2.05, 4.69) is 10.3 Å². The fourth-order valence-electron chi connectivity index (χ4n) is 3.59. The number of fused-ring (bicyclic) bond motifs is 1. The molecular weight excluding hydrogens is 398 g/mol. The van der Waals surface area contributed by atoms with Gasteiger partial charge in [-0.25, -0.2) is 0 Å². The molecule has 0 spiro atoms. The molecule has 4 rings (SSSR count). The van der Waals surface area contributed by atoms with E-state index in [0.717, 1.165) is 22.2 Å². The largest absolute Gasteiger partial charge is 0.497 e. The van der Waals surface area contributed by atoms with Gasteiger partial charge < -0.3 is 19.5 Å². The van der Waals surface area contributed by atoms with E-state index in [1.807, 2.05) is 24.4 Å². The summed E-state index contributed by atoms with van der Waals surface area (Å²) in [4.78, 5) is 26.7. The smallest absolute Gasteiger partial charge is 0.280 e. The van der Waals surface area contributed by atoms with Gasteiger partial charge in [0.2, 0.25) is 0 Å². The molecule has 0 radical (unpaired) electrons. The first-order valence-corrected chi connectivity index (χ1v) is 9.74. The topological polar surface area (TPSA) is 110 Å². The van der Waals surface area contributed by atoms with Crippen LogP contribution >= 0.6 is 0 Å². The number of aromatic amines is 1. The Morgan fingerprint density at radius 1 is 1.23 bits per heavy atom. The molecule has 0 atom stereocenters. The highest BCUT2D eigenvalue weighted by atomic mass is 16.6. The Labute approximate surface area is 178 Å². The molecule has 2 heterocycles. The number of furan rings is 1. The number of benzene rings is 2. The first-order chi connectivity index (χ1) is 15.0. The average Bonchev–Trinajstić information content (AvgIpc) is 3.36. The van der Waals surface area contributed by atoms with E-state index in [9.17, 15) is 14.9 Å². The minimum Gasteiger partial charge on any atom is -0.497 e. The van der Waals surface area contributed by atoms with E-state index < -0.39 is 4.92 Å². The van der Waals surface area contributed by atoms with Crippen LogP contribution in [0.15, 0.2) is 59.1 Å². The highest BCUT2D eigenvalue weighted by Crippen LogP contribution is 2.32. The minimum atomic E-state index is -0.469. The Bertz CT molecular complexity index is 1270. The maximum atomic E-state index is 12.7. The van der Waals surface area contributed by atoms with E-state index in [1.165, 1.54) is 6.07 Å². The van der Waals surface area contributed by atoms with Crippen molar-refractivity contribution in [2.75, 3.05) is 13.7 Å². The van der Waals surface area contributed by atoms with Gasteiger partial charge in [-0.05, 0) is 43.2 Å². The van der Waals surface area contributed by atoms with Crippen molar-refractivity contribution in [1.82, 2.24) is 10.3 Å². The summed E-state index contributed by atoms with van der Waals surface area (Å²) in [5.74, 6) is 1.19. The molecule has 2 aromatic carbocycles. The number of rotatable bonds is 7. The summed E-state index contributed by atoms with van der Waals surface area (Å²) in [5, 5.41) is 15.3. The van der Waals surface area contributed by atoms with Crippen LogP contribution in [0, 0.1) is 17.0 Å². The number of hydrogen-bond acceptors (Lipinski definition) is 5. The number of nitro benzene ring substituents is 1. The Kier molecular flexibility index (Phi) is 5.44. The number of aromatic nitrogens is 1. The molecule has 2 aromatic heterocycles. The van der Waals surface area contributed by atoms with Crippen molar-refractivity contribution in [1.29, 1.82) is 0 Å². The third kappa shape index (κ3) is 4.00. The second-order valence-corrected chi connectivity index (χ2v) is 7.09. The van der Waals surface area contributed by atoms with Crippen LogP contribution in [-0.2, 0) is 6.42 Å². The van der Waals surface area contributed by atoms with Crippen LogP contribution < -0.4 is 10.1 Å². The van der Waals surface area contributed by atoms with Crippen molar-refractivity contribution in [3.63, 3.8) is 0 Å². The van der Waals surface area contributed by atoms with Crippen LogP contribution in [0.2, 0.25) is 0 Å². The van der Waals surface area contributed by atoms with Crippen LogP contribution in [0.3, 0.4) is 0 Å². The molecule has 0 saturated heterocycles. The number of H-pyrrole nitrogens is 1. The van der Waals surface area contributed by atoms with Gasteiger partial charge in [-0.15, -0.1) is 0 Å². The van der Waals surface area contributed by atoms with Gasteiger partial charge in [0.1, 0.15) is 17.3 Å². The van der Waals surface area contributed by atoms with E-state index >= 15 is 0 Å². The molecule has 158 valence electrons. The Morgan fingerprint density at radius 2 is 2.03 bits per heavy atom. The molecule has 0 fully saturated rings. The van der Waals surface area contributed by atoms with Crippen molar-refractivity contribution in [3.8, 4) is 17.1 Å². The standard InChI is InChI=1S/C23H21N3O5/c1-14-19(12-22(31-14)18-5-3-4-6-21(18)26(28)29)23(27)24-10-9-15-13-25-20-11-16(30-2)7-8-17(15)20/h3-8,11-13,25H,9-10H2,1-2H3,(H,24,27). The second-order valence-electron chi connectivity index (χ2n) is 7.09. The summed E-state index contributed by atoms with van der Waals surface area (Å²) in [6, 6.07) is 13.6. The lowest BCUT2D eigenvalue weighted by Gasteiger charge is -2.04. The van der Waals surface area contributed by atoms with Gasteiger partial charge in [-0.1, -0.05) is 12.1 Å². The molecule has 0 aliphatic heterocycles. The molecule has 0 aliphatic rings. The Balaban J connectivity index is 1.46. The van der Waals surface area contributed by atoms with Crippen molar-refractivity contribution in [2.24, 2.45) is 0 Å². The molecule has 8 heteroatoms. The number of aryl methyl sites for hydroxylation is 1. The number of hydrogen-bond donors (Lipinski definition) is 2. The van der Waals surface area contributed by atoms with Gasteiger partial charge >= 0.3 is 0 Å². The maximum Gasteiger partial charge on any atom is 0.280 e. The molecule has 31 heavy (non-hydrogen) atoms. The zero-order valence-corrected chi connectivity index (χ0v) is 17.1. The molecule has 8 nitrogen and oxygen atoms in total. The lowest BCUT2D eigenvalue weighted by atomic mass is 10.1. The summed E-state index contributed by atoms with van der Waals surface area (Å²) in [6.45, 7) is 2.10. The highest BCUT2D eigenvalue weighted by molar-refractivity contribution is 5.96. The average molecular weight is 419 g/mol. The second kappa shape index (κ2) is 8.35. The predicted octanol–water partition coefficient (Wildman–Crippen LogP) is 4.63. The minimum absolute atomic E-state index is 0.0702. The molecule has 1 amide bonds. The van der Waals surface area contributed by atoms with Gasteiger partial charge in [-0.2, -0.15) is 0 Å². The Morgan fingerprint density at radius 3 is 2.81 bits per heavy atom. The number of carbonyl (C=O) groups excluding carboxylic acids is 1. The zero-order valence-electron chi connectivity index (χ0n) is 17.1. The van der Waals surface area contributed by atoms with Gasteiger partial charge in [0.25, 0.3) is 11.6 Å². The van der Waals surface area contributed by atoms with Crippen molar-refractivity contribution in [2.45, 2.75) is 13.3 Å².